The van der Waals surface area contributed by atoms with Crippen molar-refractivity contribution in [2.24, 2.45) is 0 Å². The predicted octanol–water partition coefficient (Wildman–Crippen LogP) is 2.57. The highest BCUT2D eigenvalue weighted by molar-refractivity contribution is 5.79. The standard InChI is InChI=1S/C19H25N3O3/c1-4-25-19(24)16-11-7-8-12-21(16)22-17(13(2)3)20-15-10-6-5-9-14(15)18(22)23/h5-6,9-10,13,16H,4,7-8,11-12H2,1-3H3. The molecule has 1 unspecified atom stereocenters. The molecule has 1 aromatic carbocycles. The summed E-state index contributed by atoms with van der Waals surface area (Å²) < 4.78 is 6.86. The van der Waals surface area contributed by atoms with Crippen LogP contribution in [0.25, 0.3) is 10.9 Å². The molecule has 1 aromatic heterocycles. The molecule has 0 aliphatic carbocycles. The van der Waals surface area contributed by atoms with Crippen molar-refractivity contribution >= 4 is 16.9 Å². The van der Waals surface area contributed by atoms with E-state index in [1.807, 2.05) is 37.1 Å². The van der Waals surface area contributed by atoms with Crippen LogP contribution in [-0.4, -0.2) is 34.8 Å². The van der Waals surface area contributed by atoms with E-state index in [0.29, 0.717) is 36.3 Å². The zero-order valence-corrected chi connectivity index (χ0v) is 15.1. The van der Waals surface area contributed by atoms with Crippen LogP contribution in [0.1, 0.15) is 51.8 Å². The van der Waals surface area contributed by atoms with Crippen molar-refractivity contribution in [2.45, 2.75) is 52.0 Å². The molecule has 1 atom stereocenters. The van der Waals surface area contributed by atoms with Crippen LogP contribution in [0.2, 0.25) is 0 Å². The first-order valence-corrected chi connectivity index (χ1v) is 8.99. The number of hydrogen-bond acceptors (Lipinski definition) is 5. The zero-order chi connectivity index (χ0) is 18.0. The third-order valence-corrected chi connectivity index (χ3v) is 4.59. The minimum absolute atomic E-state index is 0.0575. The summed E-state index contributed by atoms with van der Waals surface area (Å²) in [5.74, 6) is 0.471. The number of piperidine rings is 1. The van der Waals surface area contributed by atoms with Gasteiger partial charge in [-0.1, -0.05) is 26.0 Å². The molecule has 0 saturated carbocycles. The number of carbonyl (C=O) groups excluding carboxylic acids is 1. The van der Waals surface area contributed by atoms with E-state index >= 15 is 0 Å². The Labute approximate surface area is 147 Å². The smallest absolute Gasteiger partial charge is 0.330 e. The van der Waals surface area contributed by atoms with Gasteiger partial charge < -0.3 is 4.74 Å². The topological polar surface area (TPSA) is 64.4 Å². The first-order valence-electron chi connectivity index (χ1n) is 8.99. The van der Waals surface area contributed by atoms with E-state index in [4.69, 9.17) is 9.72 Å². The molecule has 6 nitrogen and oxygen atoms in total. The van der Waals surface area contributed by atoms with E-state index < -0.39 is 6.04 Å². The minimum atomic E-state index is -0.438. The van der Waals surface area contributed by atoms with Gasteiger partial charge in [-0.25, -0.2) is 14.5 Å². The monoisotopic (exact) mass is 343 g/mol. The number of rotatable bonds is 4. The number of nitrogens with zero attached hydrogens (tertiary/aromatic N) is 3. The fourth-order valence-electron chi connectivity index (χ4n) is 3.40. The number of hydrogen-bond donors (Lipinski definition) is 0. The largest absolute Gasteiger partial charge is 0.464 e. The van der Waals surface area contributed by atoms with E-state index in [-0.39, 0.29) is 17.4 Å². The van der Waals surface area contributed by atoms with E-state index in [2.05, 4.69) is 0 Å². The van der Waals surface area contributed by atoms with Crippen molar-refractivity contribution in [3.05, 3.63) is 40.4 Å². The van der Waals surface area contributed by atoms with Gasteiger partial charge in [0.15, 0.2) is 0 Å². The Morgan fingerprint density at radius 1 is 1.32 bits per heavy atom. The molecule has 6 heteroatoms. The molecule has 3 rings (SSSR count). The average Bonchev–Trinajstić information content (AvgIpc) is 2.62. The van der Waals surface area contributed by atoms with Crippen LogP contribution in [-0.2, 0) is 9.53 Å². The van der Waals surface area contributed by atoms with Gasteiger partial charge in [-0.15, -0.1) is 0 Å². The van der Waals surface area contributed by atoms with E-state index in [1.54, 1.807) is 17.7 Å². The van der Waals surface area contributed by atoms with Crippen molar-refractivity contribution in [3.8, 4) is 0 Å². The summed E-state index contributed by atoms with van der Waals surface area (Å²) in [5.41, 5.74) is 0.572. The number of benzene rings is 1. The molecular weight excluding hydrogens is 318 g/mol. The lowest BCUT2D eigenvalue weighted by Gasteiger charge is -2.38. The summed E-state index contributed by atoms with van der Waals surface area (Å²) in [6, 6.07) is 6.92. The molecule has 0 N–H and O–H groups in total. The van der Waals surface area contributed by atoms with Gasteiger partial charge in [0.2, 0.25) is 0 Å². The molecule has 1 aliphatic rings. The van der Waals surface area contributed by atoms with Crippen molar-refractivity contribution in [1.82, 2.24) is 9.66 Å². The van der Waals surface area contributed by atoms with Crippen LogP contribution in [0.5, 0.6) is 0 Å². The van der Waals surface area contributed by atoms with Gasteiger partial charge in [0.25, 0.3) is 5.56 Å². The van der Waals surface area contributed by atoms with Crippen LogP contribution < -0.4 is 10.6 Å². The normalized spacial score (nSPS) is 17.9. The number of esters is 1. The molecule has 1 fully saturated rings. The second-order valence-corrected chi connectivity index (χ2v) is 6.69. The first-order chi connectivity index (χ1) is 12.0. The lowest BCUT2D eigenvalue weighted by molar-refractivity contribution is -0.145. The molecule has 1 aliphatic heterocycles. The first kappa shape index (κ1) is 17.5. The summed E-state index contributed by atoms with van der Waals surface area (Å²) >= 11 is 0. The molecule has 2 heterocycles. The average molecular weight is 343 g/mol. The van der Waals surface area contributed by atoms with Crippen molar-refractivity contribution < 1.29 is 9.53 Å². The minimum Gasteiger partial charge on any atom is -0.464 e. The molecule has 134 valence electrons. The van der Waals surface area contributed by atoms with Gasteiger partial charge in [-0.2, -0.15) is 0 Å². The SMILES string of the molecule is CCOC(=O)C1CCCCN1n1c(C(C)C)nc2ccccc2c1=O. The van der Waals surface area contributed by atoms with Crippen molar-refractivity contribution in [3.63, 3.8) is 0 Å². The molecule has 1 saturated heterocycles. The van der Waals surface area contributed by atoms with Gasteiger partial charge in [-0.05, 0) is 38.3 Å². The molecule has 25 heavy (non-hydrogen) atoms. The Kier molecular flexibility index (Phi) is 5.06. The van der Waals surface area contributed by atoms with E-state index in [0.717, 1.165) is 12.8 Å². The van der Waals surface area contributed by atoms with Gasteiger partial charge in [-0.3, -0.25) is 9.80 Å². The quantitative estimate of drug-likeness (QED) is 0.799. The highest BCUT2D eigenvalue weighted by Crippen LogP contribution is 2.21. The van der Waals surface area contributed by atoms with Crippen molar-refractivity contribution in [1.29, 1.82) is 0 Å². The fraction of sp³-hybridized carbons (Fsp3) is 0.526. The zero-order valence-electron chi connectivity index (χ0n) is 15.1. The van der Waals surface area contributed by atoms with Gasteiger partial charge >= 0.3 is 5.97 Å². The number of carbonyl (C=O) groups is 1. The molecule has 0 amide bonds. The van der Waals surface area contributed by atoms with Gasteiger partial charge in [0, 0.05) is 12.5 Å². The Bertz CT molecular complexity index is 828. The molecule has 0 bridgehead atoms. The summed E-state index contributed by atoms with van der Waals surface area (Å²) in [6.07, 6.45) is 2.58. The summed E-state index contributed by atoms with van der Waals surface area (Å²) in [6.45, 7) is 6.80. The fourth-order valence-corrected chi connectivity index (χ4v) is 3.40. The predicted molar refractivity (Wildman–Crippen MR) is 97.4 cm³/mol. The van der Waals surface area contributed by atoms with Crippen LogP contribution in [0.4, 0.5) is 0 Å². The van der Waals surface area contributed by atoms with Crippen LogP contribution in [0.15, 0.2) is 29.1 Å². The third-order valence-electron chi connectivity index (χ3n) is 4.59. The second-order valence-electron chi connectivity index (χ2n) is 6.69. The molecule has 0 radical (unpaired) electrons. The van der Waals surface area contributed by atoms with E-state index in [1.165, 1.54) is 0 Å². The third kappa shape index (κ3) is 3.25. The Balaban J connectivity index is 2.18. The Morgan fingerprint density at radius 3 is 2.80 bits per heavy atom. The summed E-state index contributed by atoms with van der Waals surface area (Å²) in [4.78, 5) is 30.4. The number of ether oxygens (including phenoxy) is 1. The van der Waals surface area contributed by atoms with Crippen LogP contribution >= 0.6 is 0 Å². The molecule has 0 spiro atoms. The van der Waals surface area contributed by atoms with Gasteiger partial charge in [0.05, 0.1) is 17.5 Å². The lowest BCUT2D eigenvalue weighted by Crippen LogP contribution is -2.56. The maximum absolute atomic E-state index is 13.2. The number of para-hydroxylation sites is 1. The molecule has 2 aromatic rings. The number of aromatic nitrogens is 2. The molecular formula is C19H25N3O3. The van der Waals surface area contributed by atoms with Crippen LogP contribution in [0.3, 0.4) is 0 Å². The highest BCUT2D eigenvalue weighted by Gasteiger charge is 2.33. The lowest BCUT2D eigenvalue weighted by atomic mass is 10.0. The number of fused-ring (bicyclic) bond motifs is 1. The van der Waals surface area contributed by atoms with E-state index in [9.17, 15) is 9.59 Å². The van der Waals surface area contributed by atoms with Crippen LogP contribution in [0, 0.1) is 0 Å². The summed E-state index contributed by atoms with van der Waals surface area (Å²) in [5, 5.41) is 2.43. The van der Waals surface area contributed by atoms with Gasteiger partial charge in [0.1, 0.15) is 11.9 Å². The maximum Gasteiger partial charge on any atom is 0.330 e. The second kappa shape index (κ2) is 7.25. The maximum atomic E-state index is 13.2. The Hall–Kier alpha value is -2.37. The Morgan fingerprint density at radius 2 is 2.08 bits per heavy atom. The summed E-state index contributed by atoms with van der Waals surface area (Å²) in [7, 11) is 0. The van der Waals surface area contributed by atoms with Crippen molar-refractivity contribution in [2.75, 3.05) is 18.2 Å². The highest BCUT2D eigenvalue weighted by atomic mass is 16.5.